The van der Waals surface area contributed by atoms with E-state index in [0.29, 0.717) is 0 Å². The quantitative estimate of drug-likeness (QED) is 0.423. The fraction of sp³-hybridized carbons (Fsp3) is 0.667. The molecule has 0 saturated heterocycles. The molecule has 0 aliphatic rings. The highest BCUT2D eigenvalue weighted by atomic mass is 16.1. The number of carbonyl (C=O) groups is 1. The van der Waals surface area contributed by atoms with Gasteiger partial charge in [-0.2, -0.15) is 0 Å². The molecular formula is C9H16O. The van der Waals surface area contributed by atoms with E-state index in [-0.39, 0.29) is 0 Å². The fourth-order valence-corrected chi connectivity index (χ4v) is 0.737. The number of carbonyl (C=O) groups excluding carboxylic acids is 1. The molecule has 0 saturated carbocycles. The van der Waals surface area contributed by atoms with Crippen molar-refractivity contribution in [3.05, 3.63) is 12.2 Å². The van der Waals surface area contributed by atoms with E-state index in [4.69, 9.17) is 0 Å². The van der Waals surface area contributed by atoms with E-state index in [1.807, 2.05) is 6.08 Å². The summed E-state index contributed by atoms with van der Waals surface area (Å²) in [6.07, 6.45) is 7.79. The van der Waals surface area contributed by atoms with Crippen molar-refractivity contribution in [2.24, 2.45) is 5.92 Å². The molecule has 0 aromatic carbocycles. The Labute approximate surface area is 63.1 Å². The maximum atomic E-state index is 9.83. The zero-order valence-corrected chi connectivity index (χ0v) is 6.84. The largest absolute Gasteiger partial charge is 0.299 e. The highest BCUT2D eigenvalue weighted by Crippen LogP contribution is 2.08. The molecule has 0 bridgehead atoms. The lowest BCUT2D eigenvalue weighted by Gasteiger charge is -2.03. The standard InChI is InChI=1S/C9H16O/c1-3-9(2)7-5-4-6-8-10/h4,6,8-9H,3,5,7H2,1-2H3/b6-4+/t9-/m1/s1. The van der Waals surface area contributed by atoms with E-state index in [1.165, 1.54) is 12.8 Å². The molecule has 0 fully saturated rings. The van der Waals surface area contributed by atoms with Gasteiger partial charge in [-0.25, -0.2) is 0 Å². The second-order valence-electron chi connectivity index (χ2n) is 2.66. The highest BCUT2D eigenvalue weighted by Gasteiger charge is 1.94. The number of hydrogen-bond acceptors (Lipinski definition) is 1. The third-order valence-electron chi connectivity index (χ3n) is 1.74. The van der Waals surface area contributed by atoms with Crippen LogP contribution in [-0.4, -0.2) is 6.29 Å². The van der Waals surface area contributed by atoms with Crippen molar-refractivity contribution in [1.29, 1.82) is 0 Å². The summed E-state index contributed by atoms with van der Waals surface area (Å²) < 4.78 is 0. The highest BCUT2D eigenvalue weighted by molar-refractivity contribution is 5.64. The minimum Gasteiger partial charge on any atom is -0.299 e. The minimum absolute atomic E-state index is 0.788. The molecule has 10 heavy (non-hydrogen) atoms. The molecule has 0 aliphatic heterocycles. The maximum Gasteiger partial charge on any atom is 0.142 e. The van der Waals surface area contributed by atoms with Crippen LogP contribution >= 0.6 is 0 Å². The van der Waals surface area contributed by atoms with Crippen LogP contribution in [0.1, 0.15) is 33.1 Å². The van der Waals surface area contributed by atoms with E-state index >= 15 is 0 Å². The predicted octanol–water partition coefficient (Wildman–Crippen LogP) is 2.57. The summed E-state index contributed by atoms with van der Waals surface area (Å²) in [5.41, 5.74) is 0. The molecule has 0 unspecified atom stereocenters. The molecule has 0 rings (SSSR count). The summed E-state index contributed by atoms with van der Waals surface area (Å²) in [4.78, 5) is 9.83. The van der Waals surface area contributed by atoms with Crippen molar-refractivity contribution in [2.45, 2.75) is 33.1 Å². The molecule has 0 amide bonds. The van der Waals surface area contributed by atoms with Crippen LogP contribution in [-0.2, 0) is 4.79 Å². The first kappa shape index (κ1) is 9.41. The summed E-state index contributed by atoms with van der Waals surface area (Å²) in [5, 5.41) is 0. The normalized spacial score (nSPS) is 13.8. The van der Waals surface area contributed by atoms with Gasteiger partial charge in [0.25, 0.3) is 0 Å². The van der Waals surface area contributed by atoms with Crippen molar-refractivity contribution >= 4 is 6.29 Å². The fourth-order valence-electron chi connectivity index (χ4n) is 0.737. The molecule has 1 atom stereocenters. The second-order valence-corrected chi connectivity index (χ2v) is 2.66. The van der Waals surface area contributed by atoms with Gasteiger partial charge in [0.15, 0.2) is 0 Å². The van der Waals surface area contributed by atoms with E-state index in [2.05, 4.69) is 13.8 Å². The Morgan fingerprint density at radius 3 is 2.70 bits per heavy atom. The maximum absolute atomic E-state index is 9.83. The summed E-state index contributed by atoms with van der Waals surface area (Å²) in [6, 6.07) is 0. The van der Waals surface area contributed by atoms with Gasteiger partial charge in [0, 0.05) is 0 Å². The average molecular weight is 140 g/mol. The molecular weight excluding hydrogens is 124 g/mol. The molecule has 0 N–H and O–H groups in total. The molecule has 1 nitrogen and oxygen atoms in total. The Morgan fingerprint density at radius 2 is 2.20 bits per heavy atom. The SMILES string of the molecule is CC[C@@H](C)CC/C=C/C=O. The van der Waals surface area contributed by atoms with E-state index in [1.54, 1.807) is 6.08 Å². The third-order valence-corrected chi connectivity index (χ3v) is 1.74. The lowest BCUT2D eigenvalue weighted by atomic mass is 10.0. The molecule has 0 aromatic heterocycles. The van der Waals surface area contributed by atoms with Crippen LogP contribution in [0.4, 0.5) is 0 Å². The first-order valence-corrected chi connectivity index (χ1v) is 3.91. The van der Waals surface area contributed by atoms with Crippen molar-refractivity contribution < 1.29 is 4.79 Å². The molecule has 0 radical (unpaired) electrons. The predicted molar refractivity (Wildman–Crippen MR) is 43.9 cm³/mol. The lowest BCUT2D eigenvalue weighted by Crippen LogP contribution is -1.89. The first-order chi connectivity index (χ1) is 4.81. The van der Waals surface area contributed by atoms with E-state index in [0.717, 1.165) is 18.6 Å². The zero-order chi connectivity index (χ0) is 7.82. The van der Waals surface area contributed by atoms with Crippen LogP contribution in [0.25, 0.3) is 0 Å². The monoisotopic (exact) mass is 140 g/mol. The van der Waals surface area contributed by atoms with Crippen molar-refractivity contribution in [3.63, 3.8) is 0 Å². The molecule has 0 spiro atoms. The second kappa shape index (κ2) is 6.53. The summed E-state index contributed by atoms with van der Waals surface area (Å²) in [6.45, 7) is 4.42. The average Bonchev–Trinajstić information content (AvgIpc) is 1.98. The molecule has 0 heterocycles. The molecule has 0 aliphatic carbocycles. The van der Waals surface area contributed by atoms with Crippen LogP contribution in [0, 0.1) is 5.92 Å². The number of aldehydes is 1. The van der Waals surface area contributed by atoms with Crippen LogP contribution in [0.15, 0.2) is 12.2 Å². The summed E-state index contributed by atoms with van der Waals surface area (Å²) in [7, 11) is 0. The Morgan fingerprint density at radius 1 is 1.50 bits per heavy atom. The van der Waals surface area contributed by atoms with Gasteiger partial charge in [0.05, 0.1) is 0 Å². The Hall–Kier alpha value is -0.590. The Bertz CT molecular complexity index is 105. The molecule has 58 valence electrons. The van der Waals surface area contributed by atoms with Gasteiger partial charge in [0.2, 0.25) is 0 Å². The zero-order valence-electron chi connectivity index (χ0n) is 6.84. The Kier molecular flexibility index (Phi) is 6.14. The van der Waals surface area contributed by atoms with Crippen molar-refractivity contribution in [3.8, 4) is 0 Å². The molecule has 1 heteroatoms. The topological polar surface area (TPSA) is 17.1 Å². The third kappa shape index (κ3) is 5.54. The molecule has 0 aromatic rings. The van der Waals surface area contributed by atoms with Crippen LogP contribution in [0.2, 0.25) is 0 Å². The van der Waals surface area contributed by atoms with Crippen molar-refractivity contribution in [1.82, 2.24) is 0 Å². The van der Waals surface area contributed by atoms with Gasteiger partial charge in [-0.05, 0) is 24.8 Å². The van der Waals surface area contributed by atoms with Crippen LogP contribution in [0.5, 0.6) is 0 Å². The van der Waals surface area contributed by atoms with E-state index in [9.17, 15) is 4.79 Å². The number of allylic oxidation sites excluding steroid dienone is 2. The van der Waals surface area contributed by atoms with E-state index < -0.39 is 0 Å². The van der Waals surface area contributed by atoms with Gasteiger partial charge in [-0.1, -0.05) is 26.3 Å². The number of hydrogen-bond donors (Lipinski definition) is 0. The first-order valence-electron chi connectivity index (χ1n) is 3.91. The van der Waals surface area contributed by atoms with Gasteiger partial charge in [0.1, 0.15) is 6.29 Å². The smallest absolute Gasteiger partial charge is 0.142 e. The van der Waals surface area contributed by atoms with Crippen molar-refractivity contribution in [2.75, 3.05) is 0 Å². The summed E-state index contributed by atoms with van der Waals surface area (Å²) in [5.74, 6) is 0.788. The van der Waals surface area contributed by atoms with Gasteiger partial charge in [-0.15, -0.1) is 0 Å². The number of rotatable bonds is 5. The summed E-state index contributed by atoms with van der Waals surface area (Å²) >= 11 is 0. The van der Waals surface area contributed by atoms with Gasteiger partial charge >= 0.3 is 0 Å². The van der Waals surface area contributed by atoms with Crippen LogP contribution in [0.3, 0.4) is 0 Å². The van der Waals surface area contributed by atoms with Gasteiger partial charge < -0.3 is 0 Å². The van der Waals surface area contributed by atoms with Crippen LogP contribution < -0.4 is 0 Å². The Balaban J connectivity index is 3.18. The minimum atomic E-state index is 0.788. The van der Waals surface area contributed by atoms with Gasteiger partial charge in [-0.3, -0.25) is 4.79 Å². The lowest BCUT2D eigenvalue weighted by molar-refractivity contribution is -0.104.